The molecule has 0 atom stereocenters. The van der Waals surface area contributed by atoms with Gasteiger partial charge in [-0.25, -0.2) is 15.0 Å². The van der Waals surface area contributed by atoms with Crippen molar-refractivity contribution < 1.29 is 9.47 Å². The predicted molar refractivity (Wildman–Crippen MR) is 95.6 cm³/mol. The zero-order valence-electron chi connectivity index (χ0n) is 13.5. The lowest BCUT2D eigenvalue weighted by molar-refractivity contribution is 0.355. The highest BCUT2D eigenvalue weighted by Gasteiger charge is 2.13. The first kappa shape index (κ1) is 15.3. The zero-order valence-corrected chi connectivity index (χ0v) is 14.3. The minimum absolute atomic E-state index is 0.540. The summed E-state index contributed by atoms with van der Waals surface area (Å²) in [5, 5.41) is 12.2. The SMILES string of the molecule is COc1ccc(Nc2nc(-c3cscn3)nc3cn[nH]c23)cc1OC. The number of H-pyrrole nitrogens is 1. The maximum atomic E-state index is 5.34. The lowest BCUT2D eigenvalue weighted by atomic mass is 10.2. The van der Waals surface area contributed by atoms with Gasteiger partial charge < -0.3 is 14.8 Å². The second-order valence-electron chi connectivity index (χ2n) is 5.09. The number of nitrogens with one attached hydrogen (secondary N) is 2. The van der Waals surface area contributed by atoms with Crippen LogP contribution in [0, 0.1) is 0 Å². The van der Waals surface area contributed by atoms with Crippen LogP contribution in [0.15, 0.2) is 35.3 Å². The van der Waals surface area contributed by atoms with E-state index < -0.39 is 0 Å². The van der Waals surface area contributed by atoms with E-state index in [2.05, 4.69) is 30.5 Å². The summed E-state index contributed by atoms with van der Waals surface area (Å²) in [5.41, 5.74) is 4.70. The minimum atomic E-state index is 0.540. The highest BCUT2D eigenvalue weighted by molar-refractivity contribution is 7.07. The monoisotopic (exact) mass is 354 g/mol. The molecule has 3 heterocycles. The summed E-state index contributed by atoms with van der Waals surface area (Å²) in [7, 11) is 3.20. The van der Waals surface area contributed by atoms with E-state index >= 15 is 0 Å². The summed E-state index contributed by atoms with van der Waals surface area (Å²) in [6, 6.07) is 5.55. The molecule has 0 spiro atoms. The Hall–Kier alpha value is -3.20. The molecule has 4 rings (SSSR count). The molecule has 0 saturated heterocycles. The number of aromatic amines is 1. The highest BCUT2D eigenvalue weighted by Crippen LogP contribution is 2.32. The van der Waals surface area contributed by atoms with Crippen LogP contribution in [-0.4, -0.2) is 39.4 Å². The van der Waals surface area contributed by atoms with Crippen molar-refractivity contribution >= 4 is 33.9 Å². The van der Waals surface area contributed by atoms with E-state index in [0.29, 0.717) is 34.2 Å². The van der Waals surface area contributed by atoms with Gasteiger partial charge in [-0.1, -0.05) is 0 Å². The Bertz CT molecular complexity index is 1010. The average Bonchev–Trinajstić information content (AvgIpc) is 3.33. The number of methoxy groups -OCH3 is 2. The summed E-state index contributed by atoms with van der Waals surface area (Å²) in [5.74, 6) is 2.43. The third-order valence-corrected chi connectivity index (χ3v) is 4.19. The number of anilines is 2. The van der Waals surface area contributed by atoms with E-state index in [0.717, 1.165) is 11.4 Å². The standard InChI is InChI=1S/C16H14N6O2S/c1-23-12-4-3-9(5-13(12)24-2)19-16-14-10(6-18-22-14)20-15(21-16)11-7-25-8-17-11/h3-8H,1-2H3,(H,18,22)(H,19,20,21). The summed E-state index contributed by atoms with van der Waals surface area (Å²) in [4.78, 5) is 13.4. The number of nitrogens with zero attached hydrogens (tertiary/aromatic N) is 4. The van der Waals surface area contributed by atoms with Gasteiger partial charge in [0.15, 0.2) is 23.1 Å². The van der Waals surface area contributed by atoms with Crippen molar-refractivity contribution in [1.82, 2.24) is 25.1 Å². The third kappa shape index (κ3) is 2.85. The molecule has 0 aliphatic rings. The summed E-state index contributed by atoms with van der Waals surface area (Å²) < 4.78 is 10.6. The van der Waals surface area contributed by atoms with E-state index in [9.17, 15) is 0 Å². The average molecular weight is 354 g/mol. The predicted octanol–water partition coefficient (Wildman–Crippen LogP) is 3.24. The number of thiazole rings is 1. The number of ether oxygens (including phenoxy) is 2. The largest absolute Gasteiger partial charge is 0.493 e. The fourth-order valence-electron chi connectivity index (χ4n) is 2.42. The van der Waals surface area contributed by atoms with E-state index in [4.69, 9.17) is 9.47 Å². The number of benzene rings is 1. The lowest BCUT2D eigenvalue weighted by Gasteiger charge is -2.11. The van der Waals surface area contributed by atoms with Crippen LogP contribution in [0.2, 0.25) is 0 Å². The van der Waals surface area contributed by atoms with Gasteiger partial charge in [0.05, 0.1) is 25.9 Å². The summed E-state index contributed by atoms with van der Waals surface area (Å²) in [6.07, 6.45) is 1.66. The fourth-order valence-corrected chi connectivity index (χ4v) is 2.95. The van der Waals surface area contributed by atoms with E-state index in [1.165, 1.54) is 11.3 Å². The van der Waals surface area contributed by atoms with Crippen molar-refractivity contribution in [1.29, 1.82) is 0 Å². The van der Waals surface area contributed by atoms with Gasteiger partial charge in [0, 0.05) is 17.1 Å². The zero-order chi connectivity index (χ0) is 17.2. The Morgan fingerprint density at radius 2 is 2.00 bits per heavy atom. The Labute approximate surface area is 146 Å². The Balaban J connectivity index is 1.77. The van der Waals surface area contributed by atoms with Crippen LogP contribution in [0.5, 0.6) is 11.5 Å². The maximum Gasteiger partial charge on any atom is 0.181 e. The van der Waals surface area contributed by atoms with Crippen LogP contribution < -0.4 is 14.8 Å². The van der Waals surface area contributed by atoms with Crippen molar-refractivity contribution in [3.05, 3.63) is 35.3 Å². The minimum Gasteiger partial charge on any atom is -0.493 e. The molecule has 0 saturated carbocycles. The molecule has 0 unspecified atom stereocenters. The molecule has 0 aliphatic heterocycles. The van der Waals surface area contributed by atoms with Crippen LogP contribution in [0.4, 0.5) is 11.5 Å². The number of hydrogen-bond donors (Lipinski definition) is 2. The molecular formula is C16H14N6O2S. The number of fused-ring (bicyclic) bond motifs is 1. The van der Waals surface area contributed by atoms with Gasteiger partial charge in [-0.15, -0.1) is 11.3 Å². The summed E-state index contributed by atoms with van der Waals surface area (Å²) in [6.45, 7) is 0. The van der Waals surface area contributed by atoms with Crippen LogP contribution in [0.1, 0.15) is 0 Å². The molecule has 2 N–H and O–H groups in total. The van der Waals surface area contributed by atoms with Crippen LogP contribution >= 0.6 is 11.3 Å². The first-order valence-electron chi connectivity index (χ1n) is 7.37. The fraction of sp³-hybridized carbons (Fsp3) is 0.125. The van der Waals surface area contributed by atoms with Crippen LogP contribution in [-0.2, 0) is 0 Å². The second-order valence-corrected chi connectivity index (χ2v) is 5.81. The molecule has 0 aliphatic carbocycles. The van der Waals surface area contributed by atoms with Crippen molar-refractivity contribution in [3.63, 3.8) is 0 Å². The first-order valence-corrected chi connectivity index (χ1v) is 8.31. The van der Waals surface area contributed by atoms with Gasteiger partial charge in [0.25, 0.3) is 0 Å². The van der Waals surface area contributed by atoms with Gasteiger partial charge >= 0.3 is 0 Å². The normalized spacial score (nSPS) is 10.8. The maximum absolute atomic E-state index is 5.34. The molecular weight excluding hydrogens is 340 g/mol. The second kappa shape index (κ2) is 6.36. The number of hydrogen-bond acceptors (Lipinski definition) is 8. The molecule has 3 aromatic heterocycles. The number of rotatable bonds is 5. The van der Waals surface area contributed by atoms with Crippen molar-refractivity contribution in [3.8, 4) is 23.0 Å². The van der Waals surface area contributed by atoms with E-state index in [-0.39, 0.29) is 0 Å². The molecule has 4 aromatic rings. The van der Waals surface area contributed by atoms with Gasteiger partial charge in [0.2, 0.25) is 0 Å². The van der Waals surface area contributed by atoms with Gasteiger partial charge in [-0.3, -0.25) is 5.10 Å². The molecule has 0 bridgehead atoms. The molecule has 126 valence electrons. The van der Waals surface area contributed by atoms with Crippen molar-refractivity contribution in [2.24, 2.45) is 0 Å². The first-order chi connectivity index (χ1) is 12.3. The molecule has 0 amide bonds. The van der Waals surface area contributed by atoms with E-state index in [1.807, 2.05) is 23.6 Å². The molecule has 25 heavy (non-hydrogen) atoms. The molecule has 8 nitrogen and oxygen atoms in total. The Morgan fingerprint density at radius 3 is 2.76 bits per heavy atom. The molecule has 0 fully saturated rings. The van der Waals surface area contributed by atoms with E-state index in [1.54, 1.807) is 25.9 Å². The summed E-state index contributed by atoms with van der Waals surface area (Å²) >= 11 is 1.50. The quantitative estimate of drug-likeness (QED) is 0.568. The van der Waals surface area contributed by atoms with Gasteiger partial charge in [0.1, 0.15) is 16.7 Å². The lowest BCUT2D eigenvalue weighted by Crippen LogP contribution is -2.00. The molecule has 0 radical (unpaired) electrons. The van der Waals surface area contributed by atoms with Crippen LogP contribution in [0.3, 0.4) is 0 Å². The molecule has 1 aromatic carbocycles. The van der Waals surface area contributed by atoms with Crippen LogP contribution in [0.25, 0.3) is 22.6 Å². The van der Waals surface area contributed by atoms with Gasteiger partial charge in [-0.05, 0) is 12.1 Å². The van der Waals surface area contributed by atoms with Gasteiger partial charge in [-0.2, -0.15) is 5.10 Å². The van der Waals surface area contributed by atoms with Crippen molar-refractivity contribution in [2.75, 3.05) is 19.5 Å². The van der Waals surface area contributed by atoms with Crippen molar-refractivity contribution in [2.45, 2.75) is 0 Å². The topological polar surface area (TPSA) is 97.8 Å². The third-order valence-electron chi connectivity index (χ3n) is 3.61. The smallest absolute Gasteiger partial charge is 0.181 e. The Morgan fingerprint density at radius 1 is 1.12 bits per heavy atom. The highest BCUT2D eigenvalue weighted by atomic mass is 32.1. The molecule has 9 heteroatoms. The Kier molecular flexibility index (Phi) is 3.90. The number of aromatic nitrogens is 5.